The first-order valence-electron chi connectivity index (χ1n) is 3.33. The van der Waals surface area contributed by atoms with E-state index in [-0.39, 0.29) is 11.9 Å². The fraction of sp³-hybridized carbons (Fsp3) is 0.833. The van der Waals surface area contributed by atoms with Crippen molar-refractivity contribution in [1.82, 2.24) is 0 Å². The molecule has 0 amide bonds. The van der Waals surface area contributed by atoms with E-state index in [1.165, 1.54) is 0 Å². The summed E-state index contributed by atoms with van der Waals surface area (Å²) in [5, 5.41) is 0. The van der Waals surface area contributed by atoms with Gasteiger partial charge in [-0.25, -0.2) is 4.79 Å². The van der Waals surface area contributed by atoms with Gasteiger partial charge in [0.1, 0.15) is 0 Å². The average Bonchev–Trinajstić information content (AvgIpc) is 2.05. The highest BCUT2D eigenvalue weighted by molar-refractivity contribution is 5.72. The summed E-state index contributed by atoms with van der Waals surface area (Å²) in [5.74, 6) is 4.20. The molecule has 2 N–H and O–H groups in total. The normalized spacial score (nSPS) is 25.9. The van der Waals surface area contributed by atoms with E-state index in [2.05, 4.69) is 4.84 Å². The number of carbonyl (C=O) groups is 1. The molecule has 0 spiro atoms. The van der Waals surface area contributed by atoms with Gasteiger partial charge in [-0.1, -0.05) is 0 Å². The van der Waals surface area contributed by atoms with Crippen LogP contribution in [0, 0.1) is 5.92 Å². The summed E-state index contributed by atoms with van der Waals surface area (Å²) >= 11 is 0. The molecule has 0 unspecified atom stereocenters. The molecule has 0 aliphatic carbocycles. The first kappa shape index (κ1) is 7.50. The zero-order valence-corrected chi connectivity index (χ0v) is 5.71. The van der Waals surface area contributed by atoms with Crippen molar-refractivity contribution >= 4 is 5.97 Å². The molecular formula is C6H11NO3. The summed E-state index contributed by atoms with van der Waals surface area (Å²) in [4.78, 5) is 14.8. The Morgan fingerprint density at radius 2 is 2.50 bits per heavy atom. The Labute approximate surface area is 59.2 Å². The molecule has 1 saturated heterocycles. The van der Waals surface area contributed by atoms with Crippen LogP contribution in [-0.2, 0) is 14.4 Å². The predicted molar refractivity (Wildman–Crippen MR) is 33.8 cm³/mol. The van der Waals surface area contributed by atoms with E-state index >= 15 is 0 Å². The number of hydrogen-bond donors (Lipinski definition) is 1. The van der Waals surface area contributed by atoms with E-state index in [1.807, 2.05) is 0 Å². The van der Waals surface area contributed by atoms with Crippen molar-refractivity contribution in [1.29, 1.82) is 0 Å². The second-order valence-electron chi connectivity index (χ2n) is 2.35. The molecule has 1 aliphatic heterocycles. The zero-order chi connectivity index (χ0) is 7.40. The molecule has 4 nitrogen and oxygen atoms in total. The lowest BCUT2D eigenvalue weighted by atomic mass is 10.0. The van der Waals surface area contributed by atoms with Crippen LogP contribution in [0.5, 0.6) is 0 Å². The highest BCUT2D eigenvalue weighted by Crippen LogP contribution is 2.13. The Morgan fingerprint density at radius 1 is 1.70 bits per heavy atom. The SMILES string of the molecule is NOC(=O)[C@@H]1CCCOC1. The van der Waals surface area contributed by atoms with Gasteiger partial charge in [0.25, 0.3) is 0 Å². The van der Waals surface area contributed by atoms with Crippen LogP contribution in [0.15, 0.2) is 0 Å². The highest BCUT2D eigenvalue weighted by atomic mass is 16.7. The lowest BCUT2D eigenvalue weighted by Crippen LogP contribution is -2.28. The minimum atomic E-state index is -0.361. The number of nitrogens with two attached hydrogens (primary N) is 1. The third-order valence-electron chi connectivity index (χ3n) is 1.61. The van der Waals surface area contributed by atoms with Crippen molar-refractivity contribution in [2.24, 2.45) is 11.8 Å². The molecule has 0 radical (unpaired) electrons. The number of rotatable bonds is 1. The smallest absolute Gasteiger partial charge is 0.329 e. The van der Waals surface area contributed by atoms with Gasteiger partial charge >= 0.3 is 5.97 Å². The quantitative estimate of drug-likeness (QED) is 0.520. The minimum Gasteiger partial charge on any atom is -0.381 e. The summed E-state index contributed by atoms with van der Waals surface area (Å²) in [5.41, 5.74) is 0. The topological polar surface area (TPSA) is 61.5 Å². The number of carbonyl (C=O) groups excluding carboxylic acids is 1. The molecule has 0 saturated carbocycles. The monoisotopic (exact) mass is 145 g/mol. The van der Waals surface area contributed by atoms with Crippen LogP contribution in [0.25, 0.3) is 0 Å². The first-order valence-corrected chi connectivity index (χ1v) is 3.33. The maximum atomic E-state index is 10.7. The molecule has 1 atom stereocenters. The summed E-state index contributed by atoms with van der Waals surface area (Å²) in [6.45, 7) is 1.20. The zero-order valence-electron chi connectivity index (χ0n) is 5.71. The number of hydrogen-bond acceptors (Lipinski definition) is 4. The average molecular weight is 145 g/mol. The number of ether oxygens (including phenoxy) is 1. The lowest BCUT2D eigenvalue weighted by molar-refractivity contribution is -0.153. The van der Waals surface area contributed by atoms with E-state index in [0.29, 0.717) is 6.61 Å². The van der Waals surface area contributed by atoms with Crippen LogP contribution in [0.2, 0.25) is 0 Å². The molecular weight excluding hydrogens is 134 g/mol. The molecule has 1 heterocycles. The van der Waals surface area contributed by atoms with E-state index in [9.17, 15) is 4.79 Å². The van der Waals surface area contributed by atoms with Crippen LogP contribution >= 0.6 is 0 Å². The molecule has 10 heavy (non-hydrogen) atoms. The Balaban J connectivity index is 2.31. The Bertz CT molecular complexity index is 120. The Kier molecular flexibility index (Phi) is 2.65. The fourth-order valence-corrected chi connectivity index (χ4v) is 1.02. The van der Waals surface area contributed by atoms with Gasteiger partial charge in [-0.3, -0.25) is 0 Å². The molecule has 1 aliphatic rings. The molecule has 0 aromatic rings. The molecule has 1 rings (SSSR count). The Morgan fingerprint density at radius 3 is 3.00 bits per heavy atom. The fourth-order valence-electron chi connectivity index (χ4n) is 1.02. The van der Waals surface area contributed by atoms with Crippen molar-refractivity contribution in [3.05, 3.63) is 0 Å². The molecule has 58 valence electrons. The van der Waals surface area contributed by atoms with Crippen molar-refractivity contribution < 1.29 is 14.4 Å². The molecule has 0 aromatic carbocycles. The van der Waals surface area contributed by atoms with Gasteiger partial charge in [0.15, 0.2) is 0 Å². The van der Waals surface area contributed by atoms with Crippen molar-refractivity contribution in [3.8, 4) is 0 Å². The predicted octanol–water partition coefficient (Wildman–Crippen LogP) is -0.170. The van der Waals surface area contributed by atoms with E-state index in [1.54, 1.807) is 0 Å². The standard InChI is InChI=1S/C6H11NO3/c7-10-6(8)5-2-1-3-9-4-5/h5H,1-4,7H2/t5-/m1/s1. The second-order valence-corrected chi connectivity index (χ2v) is 2.35. The summed E-state index contributed by atoms with van der Waals surface area (Å²) in [6, 6.07) is 0. The van der Waals surface area contributed by atoms with Gasteiger partial charge in [-0.2, -0.15) is 5.90 Å². The maximum Gasteiger partial charge on any atom is 0.329 e. The summed E-state index contributed by atoms with van der Waals surface area (Å²) < 4.78 is 5.05. The molecule has 1 fully saturated rings. The molecule has 0 aromatic heterocycles. The van der Waals surface area contributed by atoms with Crippen LogP contribution < -0.4 is 5.90 Å². The van der Waals surface area contributed by atoms with Gasteiger partial charge < -0.3 is 9.57 Å². The summed E-state index contributed by atoms with van der Waals surface area (Å²) in [6.07, 6.45) is 1.75. The van der Waals surface area contributed by atoms with E-state index < -0.39 is 0 Å². The van der Waals surface area contributed by atoms with Gasteiger partial charge in [0.2, 0.25) is 0 Å². The maximum absolute atomic E-state index is 10.7. The van der Waals surface area contributed by atoms with Crippen LogP contribution in [0.4, 0.5) is 0 Å². The Hall–Kier alpha value is -0.610. The molecule has 0 bridgehead atoms. The third kappa shape index (κ3) is 1.68. The minimum absolute atomic E-state index is 0.140. The van der Waals surface area contributed by atoms with E-state index in [4.69, 9.17) is 10.6 Å². The molecule has 4 heteroatoms. The van der Waals surface area contributed by atoms with Crippen LogP contribution in [-0.4, -0.2) is 19.2 Å². The van der Waals surface area contributed by atoms with Crippen LogP contribution in [0.3, 0.4) is 0 Å². The van der Waals surface area contributed by atoms with Crippen molar-refractivity contribution in [2.45, 2.75) is 12.8 Å². The van der Waals surface area contributed by atoms with Crippen molar-refractivity contribution in [2.75, 3.05) is 13.2 Å². The second kappa shape index (κ2) is 3.53. The van der Waals surface area contributed by atoms with Crippen LogP contribution in [0.1, 0.15) is 12.8 Å². The lowest BCUT2D eigenvalue weighted by Gasteiger charge is -2.18. The largest absolute Gasteiger partial charge is 0.381 e. The van der Waals surface area contributed by atoms with Gasteiger partial charge in [0.05, 0.1) is 12.5 Å². The van der Waals surface area contributed by atoms with Crippen molar-refractivity contribution in [3.63, 3.8) is 0 Å². The van der Waals surface area contributed by atoms with Gasteiger partial charge in [-0.15, -0.1) is 0 Å². The first-order chi connectivity index (χ1) is 4.84. The van der Waals surface area contributed by atoms with Gasteiger partial charge in [0, 0.05) is 6.61 Å². The third-order valence-corrected chi connectivity index (χ3v) is 1.61. The highest BCUT2D eigenvalue weighted by Gasteiger charge is 2.22. The van der Waals surface area contributed by atoms with Gasteiger partial charge in [-0.05, 0) is 12.8 Å². The summed E-state index contributed by atoms with van der Waals surface area (Å²) in [7, 11) is 0. The van der Waals surface area contributed by atoms with E-state index in [0.717, 1.165) is 19.4 Å².